The number of thioether (sulfide) groups is 1. The van der Waals surface area contributed by atoms with Crippen LogP contribution in [0.3, 0.4) is 0 Å². The molecule has 33 heavy (non-hydrogen) atoms. The molecule has 0 radical (unpaired) electrons. The Balaban J connectivity index is 1.45. The lowest BCUT2D eigenvalue weighted by molar-refractivity contribution is 0.202. The molecule has 166 valence electrons. The molecule has 0 bridgehead atoms. The van der Waals surface area contributed by atoms with E-state index in [0.717, 1.165) is 39.5 Å². The van der Waals surface area contributed by atoms with Gasteiger partial charge in [-0.3, -0.25) is 0 Å². The fraction of sp³-hybridized carbons (Fsp3) is 0.143. The molecule has 4 aromatic rings. The van der Waals surface area contributed by atoms with E-state index in [9.17, 15) is 9.50 Å². The quantitative estimate of drug-likeness (QED) is 0.343. The van der Waals surface area contributed by atoms with Gasteiger partial charge >= 0.3 is 0 Å². The third kappa shape index (κ3) is 4.99. The Kier molecular flexibility index (Phi) is 6.22. The molecule has 0 unspecified atom stereocenters. The van der Waals surface area contributed by atoms with E-state index in [1.54, 1.807) is 23.9 Å². The summed E-state index contributed by atoms with van der Waals surface area (Å²) in [5.74, 6) is 2.21. The highest BCUT2D eigenvalue weighted by atomic mass is 32.2. The highest BCUT2D eigenvalue weighted by Crippen LogP contribution is 2.49. The van der Waals surface area contributed by atoms with Gasteiger partial charge in [-0.1, -0.05) is 60.7 Å². The van der Waals surface area contributed by atoms with Gasteiger partial charge in [0, 0.05) is 17.4 Å². The Hall–Kier alpha value is -3.44. The van der Waals surface area contributed by atoms with Gasteiger partial charge in [0.25, 0.3) is 0 Å². The molecule has 1 heterocycles. The second-order valence-electron chi connectivity index (χ2n) is 7.96. The van der Waals surface area contributed by atoms with Crippen LogP contribution in [0.15, 0.2) is 97.1 Å². The second kappa shape index (κ2) is 9.59. The van der Waals surface area contributed by atoms with Crippen molar-refractivity contribution in [2.45, 2.75) is 23.7 Å². The molecule has 2 atom stereocenters. The molecular weight excluding hydrogens is 435 g/mol. The molecule has 0 fully saturated rings. The number of rotatable bonds is 5. The maximum atomic E-state index is 13.6. The van der Waals surface area contributed by atoms with Crippen molar-refractivity contribution in [1.29, 1.82) is 0 Å². The Bertz CT molecular complexity index is 1210. The number of hydrogen-bond donors (Lipinski definition) is 1. The monoisotopic (exact) mass is 458 g/mol. The maximum Gasteiger partial charge on any atom is 0.140 e. The maximum absolute atomic E-state index is 13.6. The Labute approximate surface area is 196 Å². The smallest absolute Gasteiger partial charge is 0.140 e. The van der Waals surface area contributed by atoms with Gasteiger partial charge in [0.1, 0.15) is 35.8 Å². The number of hydrogen-bond acceptors (Lipinski definition) is 4. The fourth-order valence-corrected chi connectivity index (χ4v) is 5.23. The van der Waals surface area contributed by atoms with E-state index in [-0.39, 0.29) is 22.9 Å². The predicted octanol–water partition coefficient (Wildman–Crippen LogP) is 7.22. The van der Waals surface area contributed by atoms with E-state index < -0.39 is 0 Å². The Morgan fingerprint density at radius 1 is 0.879 bits per heavy atom. The van der Waals surface area contributed by atoms with Crippen LogP contribution in [0.25, 0.3) is 0 Å². The van der Waals surface area contributed by atoms with Crippen LogP contribution in [-0.4, -0.2) is 5.11 Å². The highest BCUT2D eigenvalue weighted by molar-refractivity contribution is 7.98. The van der Waals surface area contributed by atoms with Crippen molar-refractivity contribution < 1.29 is 19.0 Å². The molecule has 0 saturated carbocycles. The molecule has 0 spiro atoms. The van der Waals surface area contributed by atoms with Crippen molar-refractivity contribution >= 4 is 11.8 Å². The number of fused-ring (bicyclic) bond motifs is 1. The van der Waals surface area contributed by atoms with Gasteiger partial charge in [0.15, 0.2) is 0 Å². The van der Waals surface area contributed by atoms with Crippen molar-refractivity contribution in [3.05, 3.63) is 125 Å². The van der Waals surface area contributed by atoms with E-state index in [1.807, 2.05) is 72.8 Å². The summed E-state index contributed by atoms with van der Waals surface area (Å²) in [6.07, 6.45) is -0.313. The van der Waals surface area contributed by atoms with Crippen LogP contribution in [-0.2, 0) is 12.4 Å². The third-order valence-corrected chi connectivity index (χ3v) is 7.01. The van der Waals surface area contributed by atoms with E-state index in [1.165, 1.54) is 12.1 Å². The Morgan fingerprint density at radius 3 is 2.36 bits per heavy atom. The largest absolute Gasteiger partial charge is 0.508 e. The highest BCUT2D eigenvalue weighted by Gasteiger charge is 2.31. The van der Waals surface area contributed by atoms with Crippen molar-refractivity contribution in [1.82, 2.24) is 0 Å². The van der Waals surface area contributed by atoms with E-state index >= 15 is 0 Å². The van der Waals surface area contributed by atoms with Crippen LogP contribution in [0.5, 0.6) is 17.2 Å². The minimum Gasteiger partial charge on any atom is -0.508 e. The number of phenolic OH excluding ortho intramolecular Hbond substituents is 1. The lowest BCUT2D eigenvalue weighted by Crippen LogP contribution is -2.14. The SMILES string of the molecule is Oc1ccc([C@H]2Oc3cc(OCc4ccccc4)ccc3CS[C@H]2c2ccc(F)cc2)cc1. The van der Waals surface area contributed by atoms with Crippen LogP contribution in [0.4, 0.5) is 4.39 Å². The molecular formula is C28H23FO3S. The zero-order valence-electron chi connectivity index (χ0n) is 17.9. The van der Waals surface area contributed by atoms with E-state index in [2.05, 4.69) is 0 Å². The van der Waals surface area contributed by atoms with E-state index in [0.29, 0.717) is 6.61 Å². The van der Waals surface area contributed by atoms with Gasteiger partial charge in [-0.2, -0.15) is 0 Å². The van der Waals surface area contributed by atoms with Crippen LogP contribution in [0.1, 0.15) is 33.6 Å². The summed E-state index contributed by atoms with van der Waals surface area (Å²) in [4.78, 5) is 0. The molecule has 1 N–H and O–H groups in total. The molecule has 0 saturated heterocycles. The average molecular weight is 459 g/mol. The first-order chi connectivity index (χ1) is 16.2. The first-order valence-corrected chi connectivity index (χ1v) is 11.8. The van der Waals surface area contributed by atoms with Crippen molar-refractivity contribution in [2.75, 3.05) is 0 Å². The van der Waals surface area contributed by atoms with Gasteiger partial charge < -0.3 is 14.6 Å². The molecule has 0 aromatic heterocycles. The number of benzene rings is 4. The average Bonchev–Trinajstić information content (AvgIpc) is 3.04. The third-order valence-electron chi connectivity index (χ3n) is 5.65. The summed E-state index contributed by atoms with van der Waals surface area (Å²) in [5, 5.41) is 9.72. The van der Waals surface area contributed by atoms with Crippen LogP contribution in [0.2, 0.25) is 0 Å². The fourth-order valence-electron chi connectivity index (χ4n) is 3.89. The lowest BCUT2D eigenvalue weighted by atomic mass is 10.00. The van der Waals surface area contributed by atoms with Crippen LogP contribution in [0, 0.1) is 5.82 Å². The van der Waals surface area contributed by atoms with Gasteiger partial charge in [0.2, 0.25) is 0 Å². The summed E-state index contributed by atoms with van der Waals surface area (Å²) in [7, 11) is 0. The first-order valence-electron chi connectivity index (χ1n) is 10.8. The zero-order valence-corrected chi connectivity index (χ0v) is 18.7. The van der Waals surface area contributed by atoms with Crippen LogP contribution >= 0.6 is 11.8 Å². The van der Waals surface area contributed by atoms with E-state index in [4.69, 9.17) is 9.47 Å². The topological polar surface area (TPSA) is 38.7 Å². The number of phenols is 1. The molecule has 1 aliphatic rings. The second-order valence-corrected chi connectivity index (χ2v) is 9.09. The molecule has 5 rings (SSSR count). The molecule has 0 amide bonds. The summed E-state index contributed by atoms with van der Waals surface area (Å²) in [6, 6.07) is 29.7. The van der Waals surface area contributed by atoms with Gasteiger partial charge in [-0.25, -0.2) is 4.39 Å². The van der Waals surface area contributed by atoms with Gasteiger partial charge in [0.05, 0.1) is 5.25 Å². The molecule has 0 aliphatic carbocycles. The summed E-state index contributed by atoms with van der Waals surface area (Å²) in [5.41, 5.74) is 4.12. The van der Waals surface area contributed by atoms with Crippen LogP contribution < -0.4 is 9.47 Å². The molecule has 5 heteroatoms. The van der Waals surface area contributed by atoms with Crippen molar-refractivity contribution in [3.63, 3.8) is 0 Å². The van der Waals surface area contributed by atoms with Crippen molar-refractivity contribution in [2.24, 2.45) is 0 Å². The number of halogens is 1. The first kappa shape index (κ1) is 21.4. The normalized spacial score (nSPS) is 17.5. The minimum atomic E-state index is -0.313. The zero-order chi connectivity index (χ0) is 22.6. The minimum absolute atomic E-state index is 0.0452. The van der Waals surface area contributed by atoms with Gasteiger partial charge in [-0.15, -0.1) is 11.8 Å². The summed E-state index contributed by atoms with van der Waals surface area (Å²) >= 11 is 1.76. The number of ether oxygens (including phenoxy) is 2. The predicted molar refractivity (Wildman–Crippen MR) is 129 cm³/mol. The number of aromatic hydroxyl groups is 1. The molecule has 4 aromatic carbocycles. The molecule has 1 aliphatic heterocycles. The molecule has 3 nitrogen and oxygen atoms in total. The lowest BCUT2D eigenvalue weighted by Gasteiger charge is -2.26. The summed E-state index contributed by atoms with van der Waals surface area (Å²) in [6.45, 7) is 0.480. The summed E-state index contributed by atoms with van der Waals surface area (Å²) < 4.78 is 26.2. The Morgan fingerprint density at radius 2 is 1.61 bits per heavy atom. The van der Waals surface area contributed by atoms with Crippen molar-refractivity contribution in [3.8, 4) is 17.2 Å². The van der Waals surface area contributed by atoms with Gasteiger partial charge in [-0.05, 0) is 47.0 Å². The standard InChI is InChI=1S/C28H23FO3S/c29-23-11-6-21(7-12-23)28-27(20-8-13-24(30)14-9-20)32-26-16-25(15-10-22(26)18-33-28)31-17-19-4-2-1-3-5-19/h1-16,27-28,30H,17-18H2/t27-,28+/m1/s1.